The molecule has 0 spiro atoms. The minimum atomic E-state index is -0.595. The van der Waals surface area contributed by atoms with Gasteiger partial charge in [0.15, 0.2) is 0 Å². The molecule has 1 saturated heterocycles. The molecule has 2 atom stereocenters. The number of rotatable bonds is 6. The molecule has 2 aromatic rings. The molecule has 5 rings (SSSR count). The van der Waals surface area contributed by atoms with Crippen molar-refractivity contribution in [3.8, 4) is 0 Å². The maximum Gasteiger partial charge on any atom is 0.255 e. The zero-order valence-electron chi connectivity index (χ0n) is 16.5. The molecule has 2 unspecified atom stereocenters. The van der Waals surface area contributed by atoms with Crippen LogP contribution in [-0.2, 0) is 22.7 Å². The number of imide groups is 1. The van der Waals surface area contributed by atoms with Gasteiger partial charge >= 0.3 is 0 Å². The van der Waals surface area contributed by atoms with Crippen LogP contribution in [0.5, 0.6) is 0 Å². The van der Waals surface area contributed by atoms with Crippen molar-refractivity contribution < 1.29 is 14.4 Å². The van der Waals surface area contributed by atoms with Gasteiger partial charge in [-0.3, -0.25) is 24.4 Å². The van der Waals surface area contributed by atoms with Crippen molar-refractivity contribution in [2.75, 3.05) is 6.54 Å². The Morgan fingerprint density at radius 1 is 1.23 bits per heavy atom. The molecule has 3 heterocycles. The van der Waals surface area contributed by atoms with Crippen LogP contribution in [0.25, 0.3) is 5.57 Å². The molecule has 3 aliphatic rings. The van der Waals surface area contributed by atoms with Gasteiger partial charge in [0.2, 0.25) is 11.8 Å². The smallest absolute Gasteiger partial charge is 0.255 e. The number of nitrogens with one attached hydrogen (secondary N) is 1. The van der Waals surface area contributed by atoms with Gasteiger partial charge in [0.1, 0.15) is 6.04 Å². The summed E-state index contributed by atoms with van der Waals surface area (Å²) in [5.74, 6) is -0.649. The highest BCUT2D eigenvalue weighted by molar-refractivity contribution is 6.05. The second kappa shape index (κ2) is 7.21. The summed E-state index contributed by atoms with van der Waals surface area (Å²) in [6.07, 6.45) is 7.59. The third-order valence-electron chi connectivity index (χ3n) is 6.08. The Labute approximate surface area is 173 Å². The largest absolute Gasteiger partial charge is 0.330 e. The van der Waals surface area contributed by atoms with E-state index in [1.165, 1.54) is 5.57 Å². The Kier molecular flexibility index (Phi) is 4.51. The molecule has 1 aromatic heterocycles. The molecule has 0 bridgehead atoms. The summed E-state index contributed by atoms with van der Waals surface area (Å²) in [6, 6.07) is 5.17. The summed E-state index contributed by atoms with van der Waals surface area (Å²) in [5.41, 5.74) is 10.6. The number of carbonyl (C=O) groups excluding carboxylic acids is 3. The predicted octanol–water partition coefficient (Wildman–Crippen LogP) is 1.17. The summed E-state index contributed by atoms with van der Waals surface area (Å²) in [5, 5.41) is 6.75. The first-order valence-electron chi connectivity index (χ1n) is 10.3. The Hall–Kier alpha value is -3.26. The number of aromatic nitrogens is 2. The van der Waals surface area contributed by atoms with Crippen LogP contribution in [-0.4, -0.2) is 45.0 Å². The van der Waals surface area contributed by atoms with Gasteiger partial charge in [-0.05, 0) is 42.2 Å². The second-order valence-corrected chi connectivity index (χ2v) is 8.01. The summed E-state index contributed by atoms with van der Waals surface area (Å²) < 4.78 is 1.90. The number of amides is 3. The molecule has 0 saturated carbocycles. The number of hydrogen-bond acceptors (Lipinski definition) is 5. The fourth-order valence-corrected chi connectivity index (χ4v) is 4.45. The quantitative estimate of drug-likeness (QED) is 0.701. The minimum absolute atomic E-state index is 0.141. The van der Waals surface area contributed by atoms with Crippen LogP contribution in [0.2, 0.25) is 0 Å². The molecular formula is C22H23N5O3. The van der Waals surface area contributed by atoms with Crippen LogP contribution in [0.3, 0.4) is 0 Å². The lowest BCUT2D eigenvalue weighted by molar-refractivity contribution is -0.136. The number of nitrogens with two attached hydrogens (primary N) is 1. The van der Waals surface area contributed by atoms with Gasteiger partial charge in [-0.2, -0.15) is 5.10 Å². The van der Waals surface area contributed by atoms with E-state index in [1.54, 1.807) is 4.90 Å². The van der Waals surface area contributed by atoms with Crippen molar-refractivity contribution in [2.24, 2.45) is 5.73 Å². The third-order valence-corrected chi connectivity index (χ3v) is 6.08. The zero-order valence-corrected chi connectivity index (χ0v) is 16.5. The monoisotopic (exact) mass is 405 g/mol. The van der Waals surface area contributed by atoms with Gasteiger partial charge in [-0.25, -0.2) is 0 Å². The Morgan fingerprint density at radius 3 is 2.90 bits per heavy atom. The highest BCUT2D eigenvalue weighted by Crippen LogP contribution is 2.49. The van der Waals surface area contributed by atoms with Gasteiger partial charge in [-0.1, -0.05) is 18.2 Å². The second-order valence-electron chi connectivity index (χ2n) is 8.01. The van der Waals surface area contributed by atoms with E-state index in [0.29, 0.717) is 25.1 Å². The van der Waals surface area contributed by atoms with E-state index in [-0.39, 0.29) is 30.1 Å². The number of aryl methyl sites for hydroxylation is 1. The van der Waals surface area contributed by atoms with E-state index < -0.39 is 6.04 Å². The van der Waals surface area contributed by atoms with Gasteiger partial charge in [0.25, 0.3) is 5.91 Å². The van der Waals surface area contributed by atoms with Gasteiger partial charge in [-0.15, -0.1) is 0 Å². The van der Waals surface area contributed by atoms with Crippen molar-refractivity contribution in [1.29, 1.82) is 0 Å². The average Bonchev–Trinajstić information content (AvgIpc) is 3.26. The first-order chi connectivity index (χ1) is 14.6. The van der Waals surface area contributed by atoms with Crippen LogP contribution < -0.4 is 11.1 Å². The van der Waals surface area contributed by atoms with Gasteiger partial charge < -0.3 is 10.6 Å². The number of nitrogens with zero attached hydrogens (tertiary/aromatic N) is 3. The standard InChI is InChI=1S/C22H23N5O3/c23-7-2-8-26-11-13(10-24-26)16-9-17(16)14-3-1-4-15-18(14)12-27(22(15)30)19-5-6-20(28)25-21(19)29/h1,3-4,9-11,17,19H,2,5-8,12,23H2,(H,25,28,29). The molecular weight excluding hydrogens is 382 g/mol. The number of benzene rings is 1. The fourth-order valence-electron chi connectivity index (χ4n) is 4.45. The fraction of sp³-hybridized carbons (Fsp3) is 0.364. The van der Waals surface area contributed by atoms with Crippen molar-refractivity contribution in [3.63, 3.8) is 0 Å². The van der Waals surface area contributed by atoms with E-state index in [2.05, 4.69) is 16.5 Å². The number of fused-ring (bicyclic) bond motifs is 1. The minimum Gasteiger partial charge on any atom is -0.330 e. The number of carbonyl (C=O) groups is 3. The molecule has 3 N–H and O–H groups in total. The SMILES string of the molecule is NCCCn1cc(C2=CC2c2cccc3c2CN(C2CCC(=O)NC2=O)C3=O)cn1. The van der Waals surface area contributed by atoms with Crippen LogP contribution in [0.15, 0.2) is 36.7 Å². The maximum atomic E-state index is 13.0. The molecule has 3 amide bonds. The van der Waals surface area contributed by atoms with Crippen molar-refractivity contribution in [1.82, 2.24) is 20.0 Å². The molecule has 154 valence electrons. The first kappa shape index (κ1) is 18.7. The summed E-state index contributed by atoms with van der Waals surface area (Å²) >= 11 is 0. The first-order valence-corrected chi connectivity index (χ1v) is 10.3. The predicted molar refractivity (Wildman–Crippen MR) is 109 cm³/mol. The number of allylic oxidation sites excluding steroid dienone is 2. The molecule has 1 aromatic carbocycles. The Balaban J connectivity index is 1.35. The number of piperidine rings is 1. The maximum absolute atomic E-state index is 13.0. The molecule has 8 heteroatoms. The van der Waals surface area contributed by atoms with Gasteiger partial charge in [0, 0.05) is 42.8 Å². The normalized spacial score (nSPS) is 22.8. The van der Waals surface area contributed by atoms with Crippen molar-refractivity contribution in [3.05, 3.63) is 58.9 Å². The topological polar surface area (TPSA) is 110 Å². The van der Waals surface area contributed by atoms with Crippen molar-refractivity contribution in [2.45, 2.75) is 44.3 Å². The molecule has 0 radical (unpaired) electrons. The average molecular weight is 405 g/mol. The summed E-state index contributed by atoms with van der Waals surface area (Å²) in [4.78, 5) is 38.3. The highest BCUT2D eigenvalue weighted by Gasteiger charge is 2.41. The lowest BCUT2D eigenvalue weighted by Gasteiger charge is -2.29. The van der Waals surface area contributed by atoms with E-state index in [9.17, 15) is 14.4 Å². The van der Waals surface area contributed by atoms with Crippen LogP contribution >= 0.6 is 0 Å². The molecule has 1 fully saturated rings. The van der Waals surface area contributed by atoms with E-state index in [1.807, 2.05) is 35.3 Å². The summed E-state index contributed by atoms with van der Waals surface area (Å²) in [7, 11) is 0. The van der Waals surface area contributed by atoms with E-state index in [0.717, 1.165) is 29.7 Å². The van der Waals surface area contributed by atoms with Crippen LogP contribution in [0, 0.1) is 0 Å². The number of hydrogen-bond donors (Lipinski definition) is 2. The Bertz CT molecular complexity index is 1090. The van der Waals surface area contributed by atoms with E-state index in [4.69, 9.17) is 5.73 Å². The molecule has 8 nitrogen and oxygen atoms in total. The lowest BCUT2D eigenvalue weighted by atomic mass is 9.96. The van der Waals surface area contributed by atoms with Crippen molar-refractivity contribution >= 4 is 23.3 Å². The zero-order chi connectivity index (χ0) is 20.8. The van der Waals surface area contributed by atoms with Crippen LogP contribution in [0.1, 0.15) is 52.2 Å². The van der Waals surface area contributed by atoms with Crippen LogP contribution in [0.4, 0.5) is 0 Å². The molecule has 30 heavy (non-hydrogen) atoms. The third kappa shape index (κ3) is 3.13. The van der Waals surface area contributed by atoms with Gasteiger partial charge in [0.05, 0.1) is 6.20 Å². The highest BCUT2D eigenvalue weighted by atomic mass is 16.2. The Morgan fingerprint density at radius 2 is 2.10 bits per heavy atom. The summed E-state index contributed by atoms with van der Waals surface area (Å²) in [6.45, 7) is 1.82. The molecule has 1 aliphatic carbocycles. The van der Waals surface area contributed by atoms with E-state index >= 15 is 0 Å². The molecule has 2 aliphatic heterocycles. The lowest BCUT2D eigenvalue weighted by Crippen LogP contribution is -2.52.